The molecular formula is C12H16N2O2S2. The highest BCUT2D eigenvalue weighted by atomic mass is 32.2. The lowest BCUT2D eigenvalue weighted by Gasteiger charge is -1.98. The molecule has 0 fully saturated rings. The molecule has 18 heavy (non-hydrogen) atoms. The Bertz CT molecular complexity index is 647. The van der Waals surface area contributed by atoms with Gasteiger partial charge in [-0.1, -0.05) is 19.8 Å². The Morgan fingerprint density at radius 1 is 1.33 bits per heavy atom. The molecule has 2 rings (SSSR count). The first-order valence-corrected chi connectivity index (χ1v) is 8.38. The van der Waals surface area contributed by atoms with Crippen molar-refractivity contribution in [2.45, 2.75) is 30.5 Å². The standard InChI is InChI=1S/C12H16N2O2S2/c1-2-3-4-7-18(15,16)12-14-10-6-5-9(13)8-11(10)17-12/h5-6,8H,2-4,7,13H2,1H3. The summed E-state index contributed by atoms with van der Waals surface area (Å²) in [5.41, 5.74) is 6.99. The van der Waals surface area contributed by atoms with Crippen molar-refractivity contribution in [3.63, 3.8) is 0 Å². The highest BCUT2D eigenvalue weighted by molar-refractivity contribution is 7.93. The lowest BCUT2D eigenvalue weighted by molar-refractivity contribution is 0.590. The van der Waals surface area contributed by atoms with E-state index in [-0.39, 0.29) is 10.1 Å². The van der Waals surface area contributed by atoms with Crippen molar-refractivity contribution in [3.05, 3.63) is 18.2 Å². The minimum Gasteiger partial charge on any atom is -0.399 e. The Labute approximate surface area is 111 Å². The van der Waals surface area contributed by atoms with Gasteiger partial charge < -0.3 is 5.73 Å². The fraction of sp³-hybridized carbons (Fsp3) is 0.417. The molecule has 0 radical (unpaired) electrons. The fourth-order valence-corrected chi connectivity index (χ4v) is 4.45. The second kappa shape index (κ2) is 5.24. The first-order valence-electron chi connectivity index (χ1n) is 5.92. The summed E-state index contributed by atoms with van der Waals surface area (Å²) in [6.45, 7) is 2.05. The van der Waals surface area contributed by atoms with Gasteiger partial charge in [-0.3, -0.25) is 0 Å². The van der Waals surface area contributed by atoms with Crippen LogP contribution in [0.2, 0.25) is 0 Å². The largest absolute Gasteiger partial charge is 0.399 e. The number of benzene rings is 1. The van der Waals surface area contributed by atoms with E-state index in [1.54, 1.807) is 18.2 Å². The molecule has 6 heteroatoms. The molecule has 0 amide bonds. The molecule has 0 saturated heterocycles. The van der Waals surface area contributed by atoms with Gasteiger partial charge >= 0.3 is 0 Å². The molecule has 0 saturated carbocycles. The van der Waals surface area contributed by atoms with E-state index >= 15 is 0 Å². The van der Waals surface area contributed by atoms with E-state index in [0.29, 0.717) is 17.6 Å². The third kappa shape index (κ3) is 2.81. The van der Waals surface area contributed by atoms with Crippen LogP contribution in [0.25, 0.3) is 10.2 Å². The molecule has 98 valence electrons. The van der Waals surface area contributed by atoms with E-state index in [9.17, 15) is 8.42 Å². The second-order valence-electron chi connectivity index (χ2n) is 4.23. The Hall–Kier alpha value is -1.14. The van der Waals surface area contributed by atoms with Crippen LogP contribution < -0.4 is 5.73 Å². The van der Waals surface area contributed by atoms with Gasteiger partial charge in [0, 0.05) is 5.69 Å². The predicted molar refractivity (Wildman–Crippen MR) is 75.6 cm³/mol. The Morgan fingerprint density at radius 3 is 2.83 bits per heavy atom. The molecule has 2 aromatic rings. The zero-order valence-electron chi connectivity index (χ0n) is 10.2. The highest BCUT2D eigenvalue weighted by Crippen LogP contribution is 2.28. The van der Waals surface area contributed by atoms with Crippen LogP contribution in [-0.4, -0.2) is 19.2 Å². The summed E-state index contributed by atoms with van der Waals surface area (Å²) in [4.78, 5) is 4.18. The number of aromatic nitrogens is 1. The minimum absolute atomic E-state index is 0.177. The van der Waals surface area contributed by atoms with Crippen LogP contribution in [0, 0.1) is 0 Å². The molecule has 1 heterocycles. The lowest BCUT2D eigenvalue weighted by Crippen LogP contribution is -2.06. The van der Waals surface area contributed by atoms with Gasteiger partial charge in [0.05, 0.1) is 16.0 Å². The maximum absolute atomic E-state index is 12.1. The lowest BCUT2D eigenvalue weighted by atomic mass is 10.3. The molecule has 0 aliphatic heterocycles. The topological polar surface area (TPSA) is 73.0 Å². The van der Waals surface area contributed by atoms with Crippen molar-refractivity contribution in [1.82, 2.24) is 4.98 Å². The summed E-state index contributed by atoms with van der Waals surface area (Å²) in [6.07, 6.45) is 2.62. The summed E-state index contributed by atoms with van der Waals surface area (Å²) in [5.74, 6) is 0.177. The van der Waals surface area contributed by atoms with Gasteiger partial charge in [0.2, 0.25) is 14.2 Å². The van der Waals surface area contributed by atoms with Crippen molar-refractivity contribution in [1.29, 1.82) is 0 Å². The van der Waals surface area contributed by atoms with E-state index in [0.717, 1.165) is 17.5 Å². The number of anilines is 1. The molecule has 0 spiro atoms. The van der Waals surface area contributed by atoms with Gasteiger partial charge in [-0.05, 0) is 24.6 Å². The first-order chi connectivity index (χ1) is 8.53. The second-order valence-corrected chi connectivity index (χ2v) is 7.55. The number of nitrogen functional groups attached to an aromatic ring is 1. The zero-order chi connectivity index (χ0) is 13.2. The summed E-state index contributed by atoms with van der Waals surface area (Å²) >= 11 is 1.20. The van der Waals surface area contributed by atoms with Gasteiger partial charge in [0.15, 0.2) is 0 Å². The van der Waals surface area contributed by atoms with Crippen LogP contribution in [-0.2, 0) is 9.84 Å². The molecule has 1 aromatic heterocycles. The summed E-state index contributed by atoms with van der Waals surface area (Å²) in [7, 11) is -3.24. The molecule has 0 atom stereocenters. The first kappa shape index (κ1) is 13.3. The third-order valence-electron chi connectivity index (χ3n) is 2.68. The van der Waals surface area contributed by atoms with E-state index < -0.39 is 9.84 Å². The monoisotopic (exact) mass is 284 g/mol. The summed E-state index contributed by atoms with van der Waals surface area (Å²) in [5, 5.41) is 0. The number of rotatable bonds is 5. The van der Waals surface area contributed by atoms with Gasteiger partial charge in [0.1, 0.15) is 0 Å². The smallest absolute Gasteiger partial charge is 0.210 e. The van der Waals surface area contributed by atoms with Crippen molar-refractivity contribution in [2.24, 2.45) is 0 Å². The Kier molecular flexibility index (Phi) is 3.87. The predicted octanol–water partition coefficient (Wildman–Crippen LogP) is 2.84. The Morgan fingerprint density at radius 2 is 2.11 bits per heavy atom. The minimum atomic E-state index is -3.24. The van der Waals surface area contributed by atoms with E-state index in [4.69, 9.17) is 5.73 Å². The van der Waals surface area contributed by atoms with Crippen molar-refractivity contribution in [3.8, 4) is 0 Å². The number of thiazole rings is 1. The van der Waals surface area contributed by atoms with E-state index in [1.165, 1.54) is 11.3 Å². The highest BCUT2D eigenvalue weighted by Gasteiger charge is 2.19. The van der Waals surface area contributed by atoms with Gasteiger partial charge in [-0.25, -0.2) is 13.4 Å². The van der Waals surface area contributed by atoms with Crippen LogP contribution >= 0.6 is 11.3 Å². The quantitative estimate of drug-likeness (QED) is 0.677. The molecule has 0 aliphatic carbocycles. The van der Waals surface area contributed by atoms with Gasteiger partial charge in [-0.15, -0.1) is 11.3 Å². The molecular weight excluding hydrogens is 268 g/mol. The van der Waals surface area contributed by atoms with Crippen LogP contribution in [0.1, 0.15) is 26.2 Å². The maximum atomic E-state index is 12.1. The maximum Gasteiger partial charge on any atom is 0.210 e. The average molecular weight is 284 g/mol. The van der Waals surface area contributed by atoms with Crippen LogP contribution in [0.3, 0.4) is 0 Å². The van der Waals surface area contributed by atoms with Crippen LogP contribution in [0.4, 0.5) is 5.69 Å². The van der Waals surface area contributed by atoms with E-state index in [2.05, 4.69) is 4.98 Å². The normalized spacial score (nSPS) is 12.1. The zero-order valence-corrected chi connectivity index (χ0v) is 11.9. The van der Waals surface area contributed by atoms with Crippen LogP contribution in [0.15, 0.2) is 22.5 Å². The number of hydrogen-bond donors (Lipinski definition) is 1. The van der Waals surface area contributed by atoms with E-state index in [1.807, 2.05) is 6.92 Å². The molecule has 4 nitrogen and oxygen atoms in total. The van der Waals surface area contributed by atoms with Crippen LogP contribution in [0.5, 0.6) is 0 Å². The molecule has 0 aliphatic rings. The summed E-state index contributed by atoms with van der Waals surface area (Å²) < 4.78 is 25.2. The number of unbranched alkanes of at least 4 members (excludes halogenated alkanes) is 2. The van der Waals surface area contributed by atoms with Gasteiger partial charge in [-0.2, -0.15) is 0 Å². The number of nitrogens with zero attached hydrogens (tertiary/aromatic N) is 1. The van der Waals surface area contributed by atoms with Crippen molar-refractivity contribution < 1.29 is 8.42 Å². The molecule has 2 N–H and O–H groups in total. The van der Waals surface area contributed by atoms with Gasteiger partial charge in [0.25, 0.3) is 0 Å². The molecule has 0 unspecified atom stereocenters. The molecule has 0 bridgehead atoms. The molecule has 1 aromatic carbocycles. The third-order valence-corrected chi connectivity index (χ3v) is 5.95. The fourth-order valence-electron chi connectivity index (χ4n) is 1.68. The van der Waals surface area contributed by atoms with Crippen molar-refractivity contribution >= 4 is 37.1 Å². The number of hydrogen-bond acceptors (Lipinski definition) is 5. The Balaban J connectivity index is 2.30. The van der Waals surface area contributed by atoms with Crippen molar-refractivity contribution in [2.75, 3.05) is 11.5 Å². The number of fused-ring (bicyclic) bond motifs is 1. The SMILES string of the molecule is CCCCCS(=O)(=O)c1nc2ccc(N)cc2s1. The average Bonchev–Trinajstić information content (AvgIpc) is 2.72. The number of sulfone groups is 1. The number of nitrogens with two attached hydrogens (primary N) is 1. The summed E-state index contributed by atoms with van der Waals surface area (Å²) in [6, 6.07) is 5.25.